The smallest absolute Gasteiger partial charge is 0.0505 e. The molecule has 0 spiro atoms. The normalized spacial score (nSPS) is 11.2. The number of benzene rings is 2. The molecule has 2 N–H and O–H groups in total. The molecule has 3 rings (SSSR count). The summed E-state index contributed by atoms with van der Waals surface area (Å²) < 4.78 is 2.17. The summed E-state index contributed by atoms with van der Waals surface area (Å²) in [7, 11) is 0. The molecule has 21 heavy (non-hydrogen) atoms. The zero-order chi connectivity index (χ0) is 14.8. The van der Waals surface area contributed by atoms with E-state index in [-0.39, 0.29) is 0 Å². The standard InChI is InChI=1S/C17H16Cl2N2/c18-15-2-1-3-16(19)14(15)11-21-9-7-13-5-4-12(6-8-20)10-17(13)21/h1-5,7,9-10H,6,8,11,20H2. The van der Waals surface area contributed by atoms with Gasteiger partial charge in [-0.1, -0.05) is 41.4 Å². The second-order valence-corrected chi connectivity index (χ2v) is 5.89. The van der Waals surface area contributed by atoms with E-state index in [1.165, 1.54) is 16.5 Å². The van der Waals surface area contributed by atoms with Crippen LogP contribution in [0, 0.1) is 0 Å². The first-order chi connectivity index (χ1) is 10.2. The van der Waals surface area contributed by atoms with E-state index in [9.17, 15) is 0 Å². The van der Waals surface area contributed by atoms with Crippen molar-refractivity contribution in [2.45, 2.75) is 13.0 Å². The predicted octanol–water partition coefficient (Wildman–Crippen LogP) is 4.50. The Morgan fingerprint density at radius 2 is 1.76 bits per heavy atom. The Kier molecular flexibility index (Phi) is 4.20. The van der Waals surface area contributed by atoms with Gasteiger partial charge in [0.25, 0.3) is 0 Å². The minimum atomic E-state index is 0.655. The van der Waals surface area contributed by atoms with E-state index in [2.05, 4.69) is 35.0 Å². The molecule has 0 radical (unpaired) electrons. The highest BCUT2D eigenvalue weighted by atomic mass is 35.5. The molecule has 0 aliphatic carbocycles. The van der Waals surface area contributed by atoms with Crippen LogP contribution in [0.5, 0.6) is 0 Å². The van der Waals surface area contributed by atoms with Crippen LogP contribution in [0.3, 0.4) is 0 Å². The molecule has 2 aromatic carbocycles. The molecule has 1 heterocycles. The van der Waals surface area contributed by atoms with Gasteiger partial charge in [0.05, 0.1) is 6.54 Å². The minimum Gasteiger partial charge on any atom is -0.343 e. The first-order valence-electron chi connectivity index (χ1n) is 6.90. The molecule has 0 aliphatic heterocycles. The van der Waals surface area contributed by atoms with Crippen LogP contribution in [0.25, 0.3) is 10.9 Å². The molecular formula is C17H16Cl2N2. The van der Waals surface area contributed by atoms with Crippen molar-refractivity contribution in [3.63, 3.8) is 0 Å². The SMILES string of the molecule is NCCc1ccc2ccn(Cc3c(Cl)cccc3Cl)c2c1. The van der Waals surface area contributed by atoms with E-state index in [0.29, 0.717) is 23.1 Å². The van der Waals surface area contributed by atoms with Crippen LogP contribution in [-0.2, 0) is 13.0 Å². The van der Waals surface area contributed by atoms with Crippen molar-refractivity contribution in [1.29, 1.82) is 0 Å². The van der Waals surface area contributed by atoms with Crippen LogP contribution >= 0.6 is 23.2 Å². The number of nitrogens with zero attached hydrogens (tertiary/aromatic N) is 1. The Labute approximate surface area is 134 Å². The lowest BCUT2D eigenvalue weighted by atomic mass is 10.1. The summed E-state index contributed by atoms with van der Waals surface area (Å²) in [6.07, 6.45) is 2.95. The van der Waals surface area contributed by atoms with Gasteiger partial charge in [-0.05, 0) is 48.2 Å². The first kappa shape index (κ1) is 14.5. The van der Waals surface area contributed by atoms with Crippen molar-refractivity contribution in [3.05, 3.63) is 69.8 Å². The summed E-state index contributed by atoms with van der Waals surface area (Å²) in [5.41, 5.74) is 9.01. The molecule has 1 aromatic heterocycles. The van der Waals surface area contributed by atoms with E-state index < -0.39 is 0 Å². The van der Waals surface area contributed by atoms with Gasteiger partial charge in [-0.2, -0.15) is 0 Å². The van der Waals surface area contributed by atoms with E-state index in [0.717, 1.165) is 12.0 Å². The van der Waals surface area contributed by atoms with Gasteiger partial charge in [0, 0.05) is 27.3 Å². The summed E-state index contributed by atoms with van der Waals surface area (Å²) >= 11 is 12.5. The van der Waals surface area contributed by atoms with Gasteiger partial charge in [-0.3, -0.25) is 0 Å². The second kappa shape index (κ2) is 6.10. The maximum Gasteiger partial charge on any atom is 0.0505 e. The monoisotopic (exact) mass is 318 g/mol. The number of hydrogen-bond donors (Lipinski definition) is 1. The molecule has 0 saturated carbocycles. The van der Waals surface area contributed by atoms with Crippen LogP contribution in [0.4, 0.5) is 0 Å². The predicted molar refractivity (Wildman–Crippen MR) is 90.3 cm³/mol. The van der Waals surface area contributed by atoms with Crippen LogP contribution in [-0.4, -0.2) is 11.1 Å². The molecule has 0 fully saturated rings. The van der Waals surface area contributed by atoms with Crippen molar-refractivity contribution in [2.75, 3.05) is 6.54 Å². The lowest BCUT2D eigenvalue weighted by Gasteiger charge is -2.10. The third-order valence-corrected chi connectivity index (χ3v) is 4.37. The average Bonchev–Trinajstić information content (AvgIpc) is 2.86. The summed E-state index contributed by atoms with van der Waals surface area (Å²) in [6, 6.07) is 14.1. The second-order valence-electron chi connectivity index (χ2n) is 5.08. The van der Waals surface area contributed by atoms with Crippen molar-refractivity contribution in [3.8, 4) is 0 Å². The van der Waals surface area contributed by atoms with Gasteiger partial charge in [0.15, 0.2) is 0 Å². The van der Waals surface area contributed by atoms with E-state index in [1.807, 2.05) is 18.2 Å². The highest BCUT2D eigenvalue weighted by molar-refractivity contribution is 6.36. The average molecular weight is 319 g/mol. The van der Waals surface area contributed by atoms with Crippen molar-refractivity contribution in [2.24, 2.45) is 5.73 Å². The van der Waals surface area contributed by atoms with Gasteiger partial charge in [-0.15, -0.1) is 0 Å². The van der Waals surface area contributed by atoms with Crippen LogP contribution < -0.4 is 5.73 Å². The van der Waals surface area contributed by atoms with Gasteiger partial charge in [0.2, 0.25) is 0 Å². The van der Waals surface area contributed by atoms with Crippen LogP contribution in [0.1, 0.15) is 11.1 Å². The maximum absolute atomic E-state index is 6.26. The molecule has 108 valence electrons. The number of fused-ring (bicyclic) bond motifs is 1. The summed E-state index contributed by atoms with van der Waals surface area (Å²) in [6.45, 7) is 1.32. The van der Waals surface area contributed by atoms with Crippen LogP contribution in [0.2, 0.25) is 10.0 Å². The first-order valence-corrected chi connectivity index (χ1v) is 7.65. The topological polar surface area (TPSA) is 30.9 Å². The summed E-state index contributed by atoms with van der Waals surface area (Å²) in [5, 5.41) is 2.60. The molecule has 0 aliphatic rings. The summed E-state index contributed by atoms with van der Waals surface area (Å²) in [4.78, 5) is 0. The number of nitrogens with two attached hydrogens (primary N) is 1. The lowest BCUT2D eigenvalue weighted by Crippen LogP contribution is -2.03. The van der Waals surface area contributed by atoms with Crippen LogP contribution in [0.15, 0.2) is 48.7 Å². The molecule has 4 heteroatoms. The molecule has 0 amide bonds. The number of rotatable bonds is 4. The fourth-order valence-electron chi connectivity index (χ4n) is 2.54. The highest BCUT2D eigenvalue weighted by Crippen LogP contribution is 2.27. The fourth-order valence-corrected chi connectivity index (χ4v) is 3.06. The fraction of sp³-hybridized carbons (Fsp3) is 0.176. The number of halogens is 2. The maximum atomic E-state index is 6.26. The zero-order valence-electron chi connectivity index (χ0n) is 11.5. The minimum absolute atomic E-state index is 0.655. The van der Waals surface area contributed by atoms with Crippen molar-refractivity contribution >= 4 is 34.1 Å². The van der Waals surface area contributed by atoms with Crippen molar-refractivity contribution < 1.29 is 0 Å². The number of aromatic nitrogens is 1. The van der Waals surface area contributed by atoms with Gasteiger partial charge in [-0.25, -0.2) is 0 Å². The lowest BCUT2D eigenvalue weighted by molar-refractivity contribution is 0.836. The highest BCUT2D eigenvalue weighted by Gasteiger charge is 2.08. The van der Waals surface area contributed by atoms with E-state index in [1.54, 1.807) is 0 Å². The third-order valence-electron chi connectivity index (χ3n) is 3.66. The molecule has 0 unspecified atom stereocenters. The zero-order valence-corrected chi connectivity index (χ0v) is 13.0. The van der Waals surface area contributed by atoms with Gasteiger partial charge in [0.1, 0.15) is 0 Å². The molecule has 2 nitrogen and oxygen atoms in total. The Morgan fingerprint density at radius 3 is 2.48 bits per heavy atom. The number of hydrogen-bond acceptors (Lipinski definition) is 1. The molecule has 0 atom stereocenters. The largest absolute Gasteiger partial charge is 0.343 e. The molecular weight excluding hydrogens is 303 g/mol. The van der Waals surface area contributed by atoms with Gasteiger partial charge < -0.3 is 10.3 Å². The quantitative estimate of drug-likeness (QED) is 0.754. The Hall–Kier alpha value is -1.48. The third kappa shape index (κ3) is 2.93. The van der Waals surface area contributed by atoms with Gasteiger partial charge >= 0.3 is 0 Å². The molecule has 3 aromatic rings. The van der Waals surface area contributed by atoms with E-state index in [4.69, 9.17) is 28.9 Å². The Bertz CT molecular complexity index is 757. The molecule has 0 bridgehead atoms. The van der Waals surface area contributed by atoms with E-state index >= 15 is 0 Å². The Morgan fingerprint density at radius 1 is 1.00 bits per heavy atom. The Balaban J connectivity index is 2.02. The summed E-state index contributed by atoms with van der Waals surface area (Å²) in [5.74, 6) is 0. The molecule has 0 saturated heterocycles. The van der Waals surface area contributed by atoms with Crippen molar-refractivity contribution in [1.82, 2.24) is 4.57 Å².